The van der Waals surface area contributed by atoms with Crippen LogP contribution in [0, 0.1) is 0 Å². The Morgan fingerprint density at radius 3 is 1.41 bits per heavy atom. The standard InChI is InChI=1S/C26H22O5S/c27-32(28,26-14-8-3-9-15-26)31-25-17-23(29-19-21-10-4-1-5-11-21)16-24(18-25)30-20-22-12-6-2-7-13-22/h1-18H,19-20H2. The molecule has 0 aromatic heterocycles. The molecule has 4 aromatic carbocycles. The lowest BCUT2D eigenvalue weighted by molar-refractivity contribution is 0.288. The second kappa shape index (κ2) is 10.0. The maximum atomic E-state index is 12.7. The molecule has 0 spiro atoms. The summed E-state index contributed by atoms with van der Waals surface area (Å²) in [5, 5.41) is 0. The lowest BCUT2D eigenvalue weighted by Gasteiger charge is -2.13. The molecule has 0 saturated carbocycles. The van der Waals surface area contributed by atoms with E-state index in [1.807, 2.05) is 60.7 Å². The summed E-state index contributed by atoms with van der Waals surface area (Å²) in [4.78, 5) is 0.0716. The fraction of sp³-hybridized carbons (Fsp3) is 0.0769. The van der Waals surface area contributed by atoms with Crippen LogP contribution in [0.3, 0.4) is 0 Å². The summed E-state index contributed by atoms with van der Waals surface area (Å²) in [6.07, 6.45) is 0. The number of hydrogen-bond acceptors (Lipinski definition) is 5. The van der Waals surface area contributed by atoms with Gasteiger partial charge in [-0.05, 0) is 23.3 Å². The number of benzene rings is 4. The van der Waals surface area contributed by atoms with Crippen LogP contribution >= 0.6 is 0 Å². The van der Waals surface area contributed by atoms with E-state index in [0.29, 0.717) is 24.7 Å². The first kappa shape index (κ1) is 21.5. The van der Waals surface area contributed by atoms with Crippen LogP contribution in [-0.2, 0) is 23.3 Å². The summed E-state index contributed by atoms with van der Waals surface area (Å²) in [6, 6.07) is 32.2. The van der Waals surface area contributed by atoms with Crippen molar-refractivity contribution in [1.29, 1.82) is 0 Å². The smallest absolute Gasteiger partial charge is 0.339 e. The minimum absolute atomic E-state index is 0.0716. The Bertz CT molecular complexity index is 1180. The molecular weight excluding hydrogens is 424 g/mol. The van der Waals surface area contributed by atoms with Crippen molar-refractivity contribution in [3.05, 3.63) is 120 Å². The third kappa shape index (κ3) is 5.89. The van der Waals surface area contributed by atoms with E-state index >= 15 is 0 Å². The number of rotatable bonds is 9. The van der Waals surface area contributed by atoms with Crippen LogP contribution in [0.25, 0.3) is 0 Å². The molecule has 0 saturated heterocycles. The molecule has 0 N–H and O–H groups in total. The lowest BCUT2D eigenvalue weighted by atomic mass is 10.2. The molecule has 162 valence electrons. The highest BCUT2D eigenvalue weighted by Crippen LogP contribution is 2.31. The second-order valence-corrected chi connectivity index (χ2v) is 8.59. The van der Waals surface area contributed by atoms with Gasteiger partial charge in [-0.25, -0.2) is 0 Å². The van der Waals surface area contributed by atoms with Crippen molar-refractivity contribution < 1.29 is 22.1 Å². The van der Waals surface area contributed by atoms with Gasteiger partial charge >= 0.3 is 10.1 Å². The van der Waals surface area contributed by atoms with Crippen molar-refractivity contribution in [3.63, 3.8) is 0 Å². The average Bonchev–Trinajstić information content (AvgIpc) is 2.83. The summed E-state index contributed by atoms with van der Waals surface area (Å²) < 4.78 is 42.5. The van der Waals surface area contributed by atoms with E-state index in [4.69, 9.17) is 13.7 Å². The van der Waals surface area contributed by atoms with E-state index in [1.165, 1.54) is 12.1 Å². The van der Waals surface area contributed by atoms with E-state index < -0.39 is 10.1 Å². The predicted molar refractivity (Wildman–Crippen MR) is 122 cm³/mol. The molecule has 4 rings (SSSR count). The van der Waals surface area contributed by atoms with Gasteiger partial charge in [0, 0.05) is 18.2 Å². The van der Waals surface area contributed by atoms with Gasteiger partial charge in [-0.1, -0.05) is 78.9 Å². The molecule has 0 aliphatic rings. The quantitative estimate of drug-likeness (QED) is 0.313. The first-order chi connectivity index (χ1) is 15.6. The largest absolute Gasteiger partial charge is 0.489 e. The lowest BCUT2D eigenvalue weighted by Crippen LogP contribution is -2.10. The van der Waals surface area contributed by atoms with Gasteiger partial charge in [-0.15, -0.1) is 0 Å². The average molecular weight is 447 g/mol. The van der Waals surface area contributed by atoms with Crippen molar-refractivity contribution in [1.82, 2.24) is 0 Å². The van der Waals surface area contributed by atoms with Crippen LogP contribution in [0.2, 0.25) is 0 Å². The molecule has 0 fully saturated rings. The molecule has 0 radical (unpaired) electrons. The highest BCUT2D eigenvalue weighted by Gasteiger charge is 2.17. The minimum atomic E-state index is -3.99. The highest BCUT2D eigenvalue weighted by molar-refractivity contribution is 7.87. The molecule has 0 heterocycles. The molecule has 0 amide bonds. The van der Waals surface area contributed by atoms with Crippen molar-refractivity contribution in [3.8, 4) is 17.2 Å². The van der Waals surface area contributed by atoms with Crippen LogP contribution in [0.4, 0.5) is 0 Å². The topological polar surface area (TPSA) is 61.8 Å². The summed E-state index contributed by atoms with van der Waals surface area (Å²) in [5.74, 6) is 0.998. The summed E-state index contributed by atoms with van der Waals surface area (Å²) in [7, 11) is -3.99. The molecular formula is C26H22O5S. The molecule has 5 nitrogen and oxygen atoms in total. The molecule has 32 heavy (non-hydrogen) atoms. The zero-order valence-electron chi connectivity index (χ0n) is 17.3. The Labute approximate surface area is 188 Å². The van der Waals surface area contributed by atoms with Crippen LogP contribution in [0.5, 0.6) is 17.2 Å². The van der Waals surface area contributed by atoms with Crippen molar-refractivity contribution in [2.75, 3.05) is 0 Å². The zero-order valence-corrected chi connectivity index (χ0v) is 18.1. The molecule has 0 aliphatic carbocycles. The van der Waals surface area contributed by atoms with E-state index in [2.05, 4.69) is 0 Å². The Morgan fingerprint density at radius 2 is 0.938 bits per heavy atom. The summed E-state index contributed by atoms with van der Waals surface area (Å²) >= 11 is 0. The monoisotopic (exact) mass is 446 g/mol. The Balaban J connectivity index is 1.57. The van der Waals surface area contributed by atoms with Crippen LogP contribution in [0.15, 0.2) is 114 Å². The van der Waals surface area contributed by atoms with Crippen LogP contribution < -0.4 is 13.7 Å². The van der Waals surface area contributed by atoms with Crippen LogP contribution in [-0.4, -0.2) is 8.42 Å². The fourth-order valence-electron chi connectivity index (χ4n) is 3.00. The summed E-state index contributed by atoms with van der Waals surface area (Å²) in [5.41, 5.74) is 1.98. The number of hydrogen-bond donors (Lipinski definition) is 0. The SMILES string of the molecule is O=S(=O)(Oc1cc(OCc2ccccc2)cc(OCc2ccccc2)c1)c1ccccc1. The zero-order chi connectivity index (χ0) is 22.2. The van der Waals surface area contributed by atoms with E-state index in [9.17, 15) is 8.42 Å². The Kier molecular flexibility index (Phi) is 6.72. The van der Waals surface area contributed by atoms with Gasteiger partial charge in [0.05, 0.1) is 0 Å². The van der Waals surface area contributed by atoms with Gasteiger partial charge in [0.15, 0.2) is 0 Å². The van der Waals surface area contributed by atoms with Gasteiger partial charge < -0.3 is 13.7 Å². The van der Waals surface area contributed by atoms with Crippen LogP contribution in [0.1, 0.15) is 11.1 Å². The number of ether oxygens (including phenoxy) is 2. The molecule has 4 aromatic rings. The van der Waals surface area contributed by atoms with Crippen molar-refractivity contribution in [2.45, 2.75) is 18.1 Å². The third-order valence-electron chi connectivity index (χ3n) is 4.59. The van der Waals surface area contributed by atoms with Crippen molar-refractivity contribution >= 4 is 10.1 Å². The predicted octanol–water partition coefficient (Wildman–Crippen LogP) is 5.61. The highest BCUT2D eigenvalue weighted by atomic mass is 32.2. The summed E-state index contributed by atoms with van der Waals surface area (Å²) in [6.45, 7) is 0.654. The van der Waals surface area contributed by atoms with Gasteiger partial charge in [0.2, 0.25) is 0 Å². The first-order valence-electron chi connectivity index (χ1n) is 10.1. The van der Waals surface area contributed by atoms with Gasteiger partial charge in [0.1, 0.15) is 35.4 Å². The second-order valence-electron chi connectivity index (χ2n) is 7.04. The van der Waals surface area contributed by atoms with Gasteiger partial charge in [-0.2, -0.15) is 8.42 Å². The van der Waals surface area contributed by atoms with E-state index in [1.54, 1.807) is 36.4 Å². The molecule has 6 heteroatoms. The third-order valence-corrected chi connectivity index (χ3v) is 5.85. The molecule has 0 atom stereocenters. The van der Waals surface area contributed by atoms with Crippen molar-refractivity contribution in [2.24, 2.45) is 0 Å². The maximum absolute atomic E-state index is 12.7. The fourth-order valence-corrected chi connectivity index (χ4v) is 3.94. The van der Waals surface area contributed by atoms with Gasteiger partial charge in [-0.3, -0.25) is 0 Å². The minimum Gasteiger partial charge on any atom is -0.489 e. The van der Waals surface area contributed by atoms with E-state index in [-0.39, 0.29) is 10.6 Å². The molecule has 0 unspecified atom stereocenters. The first-order valence-corrected chi connectivity index (χ1v) is 11.5. The van der Waals surface area contributed by atoms with E-state index in [0.717, 1.165) is 11.1 Å². The normalized spacial score (nSPS) is 11.0. The Morgan fingerprint density at radius 1 is 0.531 bits per heavy atom. The molecule has 0 bridgehead atoms. The Hall–Kier alpha value is -3.77. The molecule has 0 aliphatic heterocycles. The van der Waals surface area contributed by atoms with Gasteiger partial charge in [0.25, 0.3) is 0 Å². The maximum Gasteiger partial charge on any atom is 0.339 e.